The minimum Gasteiger partial charge on any atom is -0.368 e. The van der Waals surface area contributed by atoms with Gasteiger partial charge in [0.15, 0.2) is 0 Å². The molecule has 106 valence electrons. The molecule has 0 radical (unpaired) electrons. The molecule has 2 aromatic heterocycles. The van der Waals surface area contributed by atoms with Gasteiger partial charge in [-0.3, -0.25) is 4.79 Å². The second kappa shape index (κ2) is 7.00. The molecule has 0 bridgehead atoms. The molecule has 0 saturated carbocycles. The molecule has 20 heavy (non-hydrogen) atoms. The number of rotatable bonds is 6. The Morgan fingerprint density at radius 1 is 1.35 bits per heavy atom. The molecular formula is C14H18N4OS. The van der Waals surface area contributed by atoms with Crippen molar-refractivity contribution >= 4 is 23.1 Å². The SMILES string of the molecule is Cc1nc(CC(=O)NCCNc2ncccc2C)cs1. The largest absolute Gasteiger partial charge is 0.368 e. The highest BCUT2D eigenvalue weighted by atomic mass is 32.1. The van der Waals surface area contributed by atoms with E-state index in [1.165, 1.54) is 0 Å². The lowest BCUT2D eigenvalue weighted by Gasteiger charge is -2.08. The molecule has 2 aromatic rings. The summed E-state index contributed by atoms with van der Waals surface area (Å²) < 4.78 is 0. The van der Waals surface area contributed by atoms with Crippen molar-refractivity contribution in [2.45, 2.75) is 20.3 Å². The van der Waals surface area contributed by atoms with Crippen LogP contribution in [0.4, 0.5) is 5.82 Å². The van der Waals surface area contributed by atoms with Gasteiger partial charge in [0, 0.05) is 24.7 Å². The van der Waals surface area contributed by atoms with E-state index in [0.717, 1.165) is 22.1 Å². The van der Waals surface area contributed by atoms with Gasteiger partial charge in [-0.25, -0.2) is 9.97 Å². The normalized spacial score (nSPS) is 10.3. The number of carbonyl (C=O) groups excluding carboxylic acids is 1. The van der Waals surface area contributed by atoms with Gasteiger partial charge in [-0.1, -0.05) is 6.07 Å². The van der Waals surface area contributed by atoms with Gasteiger partial charge in [0.25, 0.3) is 0 Å². The molecule has 6 heteroatoms. The zero-order valence-electron chi connectivity index (χ0n) is 11.6. The Kier molecular flexibility index (Phi) is 5.06. The standard InChI is InChI=1S/C14H18N4OS/c1-10-4-3-5-16-14(10)17-7-6-15-13(19)8-12-9-20-11(2)18-12/h3-5,9H,6-8H2,1-2H3,(H,15,19)(H,16,17). The fourth-order valence-corrected chi connectivity index (χ4v) is 2.38. The highest BCUT2D eigenvalue weighted by Crippen LogP contribution is 2.09. The Morgan fingerprint density at radius 3 is 2.90 bits per heavy atom. The van der Waals surface area contributed by atoms with E-state index in [9.17, 15) is 4.79 Å². The maximum absolute atomic E-state index is 11.7. The fourth-order valence-electron chi connectivity index (χ4n) is 1.77. The van der Waals surface area contributed by atoms with Gasteiger partial charge in [0.2, 0.25) is 5.91 Å². The maximum Gasteiger partial charge on any atom is 0.226 e. The number of aryl methyl sites for hydroxylation is 2. The quantitative estimate of drug-likeness (QED) is 0.798. The van der Waals surface area contributed by atoms with E-state index in [-0.39, 0.29) is 5.91 Å². The number of aromatic nitrogens is 2. The third-order valence-corrected chi connectivity index (χ3v) is 3.58. The molecule has 0 atom stereocenters. The predicted molar refractivity (Wildman–Crippen MR) is 81.0 cm³/mol. The molecule has 2 heterocycles. The highest BCUT2D eigenvalue weighted by molar-refractivity contribution is 7.09. The molecule has 0 aliphatic heterocycles. The van der Waals surface area contributed by atoms with E-state index in [4.69, 9.17) is 0 Å². The minimum absolute atomic E-state index is 0.00478. The smallest absolute Gasteiger partial charge is 0.226 e. The number of carbonyl (C=O) groups is 1. The van der Waals surface area contributed by atoms with Gasteiger partial charge in [-0.15, -0.1) is 11.3 Å². The van der Waals surface area contributed by atoms with Crippen LogP contribution in [0.2, 0.25) is 0 Å². The van der Waals surface area contributed by atoms with E-state index in [1.807, 2.05) is 31.4 Å². The summed E-state index contributed by atoms with van der Waals surface area (Å²) in [6.07, 6.45) is 2.09. The maximum atomic E-state index is 11.7. The predicted octanol–water partition coefficient (Wildman–Crippen LogP) is 1.93. The number of nitrogens with zero attached hydrogens (tertiary/aromatic N) is 2. The Labute approximate surface area is 122 Å². The highest BCUT2D eigenvalue weighted by Gasteiger charge is 2.05. The Bertz CT molecular complexity index is 582. The molecule has 2 rings (SSSR count). The van der Waals surface area contributed by atoms with Crippen molar-refractivity contribution in [3.05, 3.63) is 40.0 Å². The third kappa shape index (κ3) is 4.31. The number of amides is 1. The second-order valence-corrected chi connectivity index (χ2v) is 5.54. The van der Waals surface area contributed by atoms with Crippen molar-refractivity contribution in [2.75, 3.05) is 18.4 Å². The molecular weight excluding hydrogens is 272 g/mol. The zero-order chi connectivity index (χ0) is 14.4. The van der Waals surface area contributed by atoms with E-state index in [2.05, 4.69) is 20.6 Å². The zero-order valence-corrected chi connectivity index (χ0v) is 12.5. The molecule has 0 aliphatic rings. The van der Waals surface area contributed by atoms with Crippen molar-refractivity contribution in [1.29, 1.82) is 0 Å². The van der Waals surface area contributed by atoms with Crippen LogP contribution >= 0.6 is 11.3 Å². The third-order valence-electron chi connectivity index (χ3n) is 2.76. The molecule has 5 nitrogen and oxygen atoms in total. The van der Waals surface area contributed by atoms with E-state index < -0.39 is 0 Å². The van der Waals surface area contributed by atoms with Crippen LogP contribution in [0, 0.1) is 13.8 Å². The minimum atomic E-state index is -0.00478. The first-order chi connectivity index (χ1) is 9.65. The number of pyridine rings is 1. The Balaban J connectivity index is 1.68. The molecule has 2 N–H and O–H groups in total. The van der Waals surface area contributed by atoms with Crippen molar-refractivity contribution in [3.63, 3.8) is 0 Å². The van der Waals surface area contributed by atoms with Crippen LogP contribution in [0.15, 0.2) is 23.7 Å². The molecule has 0 saturated heterocycles. The fraction of sp³-hybridized carbons (Fsp3) is 0.357. The molecule has 0 aromatic carbocycles. The number of anilines is 1. The summed E-state index contributed by atoms with van der Waals surface area (Å²) >= 11 is 1.56. The first kappa shape index (κ1) is 14.5. The number of hydrogen-bond acceptors (Lipinski definition) is 5. The summed E-state index contributed by atoms with van der Waals surface area (Å²) in [5, 5.41) is 8.97. The molecule has 0 spiro atoms. The monoisotopic (exact) mass is 290 g/mol. The van der Waals surface area contributed by atoms with E-state index in [1.54, 1.807) is 17.5 Å². The number of hydrogen-bond donors (Lipinski definition) is 2. The average Bonchev–Trinajstić information content (AvgIpc) is 2.82. The summed E-state index contributed by atoms with van der Waals surface area (Å²) in [6, 6.07) is 3.90. The van der Waals surface area contributed by atoms with Crippen molar-refractivity contribution in [3.8, 4) is 0 Å². The first-order valence-electron chi connectivity index (χ1n) is 6.48. The lowest BCUT2D eigenvalue weighted by Crippen LogP contribution is -2.30. The topological polar surface area (TPSA) is 66.9 Å². The summed E-state index contributed by atoms with van der Waals surface area (Å²) in [4.78, 5) is 20.2. The lowest BCUT2D eigenvalue weighted by atomic mass is 10.3. The van der Waals surface area contributed by atoms with Gasteiger partial charge in [-0.2, -0.15) is 0 Å². The second-order valence-electron chi connectivity index (χ2n) is 4.48. The van der Waals surface area contributed by atoms with Crippen LogP contribution in [0.1, 0.15) is 16.3 Å². The van der Waals surface area contributed by atoms with Gasteiger partial charge in [0.1, 0.15) is 5.82 Å². The average molecular weight is 290 g/mol. The van der Waals surface area contributed by atoms with Gasteiger partial charge in [-0.05, 0) is 25.5 Å². The van der Waals surface area contributed by atoms with Crippen molar-refractivity contribution < 1.29 is 4.79 Å². The van der Waals surface area contributed by atoms with Crippen LogP contribution in [-0.2, 0) is 11.2 Å². The van der Waals surface area contributed by atoms with E-state index in [0.29, 0.717) is 19.5 Å². The van der Waals surface area contributed by atoms with Crippen LogP contribution in [0.5, 0.6) is 0 Å². The Morgan fingerprint density at radius 2 is 2.20 bits per heavy atom. The number of thiazole rings is 1. The summed E-state index contributed by atoms with van der Waals surface area (Å²) in [5.41, 5.74) is 1.93. The summed E-state index contributed by atoms with van der Waals surface area (Å²) in [6.45, 7) is 5.15. The van der Waals surface area contributed by atoms with E-state index >= 15 is 0 Å². The summed E-state index contributed by atoms with van der Waals surface area (Å²) in [5.74, 6) is 0.853. The van der Waals surface area contributed by atoms with Crippen LogP contribution in [0.3, 0.4) is 0 Å². The van der Waals surface area contributed by atoms with Gasteiger partial charge in [0.05, 0.1) is 17.1 Å². The van der Waals surface area contributed by atoms with Crippen LogP contribution < -0.4 is 10.6 Å². The van der Waals surface area contributed by atoms with Crippen molar-refractivity contribution in [1.82, 2.24) is 15.3 Å². The first-order valence-corrected chi connectivity index (χ1v) is 7.36. The number of nitrogens with one attached hydrogen (secondary N) is 2. The molecule has 0 fully saturated rings. The molecule has 1 amide bonds. The lowest BCUT2D eigenvalue weighted by molar-refractivity contribution is -0.120. The van der Waals surface area contributed by atoms with Gasteiger partial charge >= 0.3 is 0 Å². The molecule has 0 aliphatic carbocycles. The summed E-state index contributed by atoms with van der Waals surface area (Å²) in [7, 11) is 0. The van der Waals surface area contributed by atoms with Crippen molar-refractivity contribution in [2.24, 2.45) is 0 Å². The molecule has 0 unspecified atom stereocenters. The van der Waals surface area contributed by atoms with Crippen LogP contribution in [0.25, 0.3) is 0 Å². The van der Waals surface area contributed by atoms with Gasteiger partial charge < -0.3 is 10.6 Å². The van der Waals surface area contributed by atoms with Crippen LogP contribution in [-0.4, -0.2) is 29.0 Å². The Hall–Kier alpha value is -1.95.